The molecule has 202 valence electrons. The molecule has 0 spiro atoms. The van der Waals surface area contributed by atoms with Gasteiger partial charge in [-0.05, 0) is 130 Å². The van der Waals surface area contributed by atoms with Crippen LogP contribution in [0.1, 0.15) is 145 Å². The van der Waals surface area contributed by atoms with E-state index in [9.17, 15) is 10.2 Å². The van der Waals surface area contributed by atoms with Crippen LogP contribution in [0.5, 0.6) is 0 Å². The van der Waals surface area contributed by atoms with Crippen LogP contribution in [0.3, 0.4) is 0 Å². The van der Waals surface area contributed by atoms with Gasteiger partial charge in [0.15, 0.2) is 0 Å². The SMILES string of the molecule is CC.CC.CC.CC12CCC3C(CCC4CC(O)CCC43C)C1CCC2CCCC(O)C1CC1. The Morgan fingerprint density at radius 1 is 0.735 bits per heavy atom. The minimum Gasteiger partial charge on any atom is -0.393 e. The summed E-state index contributed by atoms with van der Waals surface area (Å²) in [5, 5.41) is 20.5. The van der Waals surface area contributed by atoms with E-state index < -0.39 is 0 Å². The number of aliphatic hydroxyl groups excluding tert-OH is 2. The lowest BCUT2D eigenvalue weighted by molar-refractivity contribution is -0.127. The van der Waals surface area contributed by atoms with Gasteiger partial charge in [-0.25, -0.2) is 0 Å². The highest BCUT2D eigenvalue weighted by atomic mass is 16.3. The Hall–Kier alpha value is -0.0800. The van der Waals surface area contributed by atoms with Crippen molar-refractivity contribution < 1.29 is 10.2 Å². The topological polar surface area (TPSA) is 40.5 Å². The lowest BCUT2D eigenvalue weighted by atomic mass is 9.44. The second-order valence-corrected chi connectivity index (χ2v) is 12.2. The smallest absolute Gasteiger partial charge is 0.0568 e. The highest BCUT2D eigenvalue weighted by Gasteiger charge is 2.59. The molecule has 0 heterocycles. The predicted octanol–water partition coefficient (Wildman–Crippen LogP) is 9.03. The zero-order chi connectivity index (χ0) is 25.5. The molecule has 5 rings (SSSR count). The van der Waals surface area contributed by atoms with E-state index in [1.165, 1.54) is 70.6 Å². The molecule has 0 aromatic heterocycles. The third-order valence-corrected chi connectivity index (χ3v) is 11.1. The van der Waals surface area contributed by atoms with Crippen molar-refractivity contribution in [2.24, 2.45) is 46.3 Å². The maximum Gasteiger partial charge on any atom is 0.0568 e. The Balaban J connectivity index is 0.000000633. The van der Waals surface area contributed by atoms with Gasteiger partial charge in [-0.1, -0.05) is 61.8 Å². The molecule has 5 saturated carbocycles. The fourth-order valence-corrected chi connectivity index (χ4v) is 9.11. The molecule has 2 nitrogen and oxygen atoms in total. The quantitative estimate of drug-likeness (QED) is 0.414. The minimum atomic E-state index is -0.0228. The molecule has 0 radical (unpaired) electrons. The van der Waals surface area contributed by atoms with Crippen molar-refractivity contribution in [3.8, 4) is 0 Å². The average molecular weight is 479 g/mol. The Kier molecular flexibility index (Phi) is 11.9. The van der Waals surface area contributed by atoms with Crippen LogP contribution in [0.25, 0.3) is 0 Å². The second-order valence-electron chi connectivity index (χ2n) is 12.2. The van der Waals surface area contributed by atoms with Crippen LogP contribution in [0.2, 0.25) is 0 Å². The van der Waals surface area contributed by atoms with E-state index in [4.69, 9.17) is 0 Å². The first-order valence-corrected chi connectivity index (χ1v) is 15.8. The number of rotatable bonds is 5. The molecule has 0 saturated heterocycles. The van der Waals surface area contributed by atoms with Crippen LogP contribution in [-0.2, 0) is 0 Å². The van der Waals surface area contributed by atoms with Gasteiger partial charge in [0.2, 0.25) is 0 Å². The van der Waals surface area contributed by atoms with Gasteiger partial charge in [0.1, 0.15) is 0 Å². The Morgan fingerprint density at radius 2 is 1.35 bits per heavy atom. The van der Waals surface area contributed by atoms with Crippen LogP contribution in [0.15, 0.2) is 0 Å². The average Bonchev–Trinajstić information content (AvgIpc) is 3.67. The Labute approximate surface area is 214 Å². The number of hydrogen-bond acceptors (Lipinski definition) is 2. The van der Waals surface area contributed by atoms with Crippen molar-refractivity contribution in [3.05, 3.63) is 0 Å². The largest absolute Gasteiger partial charge is 0.393 e. The van der Waals surface area contributed by atoms with Gasteiger partial charge in [0.25, 0.3) is 0 Å². The van der Waals surface area contributed by atoms with Crippen molar-refractivity contribution in [1.82, 2.24) is 0 Å². The third-order valence-electron chi connectivity index (χ3n) is 11.1. The standard InChI is InChI=1S/C26H44O2.3C2H6/c1-25-15-13-23-21(10-8-19-16-20(27)12-14-26(19,23)2)22(25)11-9-18(25)4-3-5-24(28)17-6-7-17;3*1-2/h17-24,27-28H,3-16H2,1-2H3;3*1-2H3. The van der Waals surface area contributed by atoms with Gasteiger partial charge in [-0.3, -0.25) is 0 Å². The molecule has 5 aliphatic rings. The monoisotopic (exact) mass is 478 g/mol. The van der Waals surface area contributed by atoms with Gasteiger partial charge < -0.3 is 10.2 Å². The summed E-state index contributed by atoms with van der Waals surface area (Å²) in [5.74, 6) is 5.16. The molecular formula is C32H62O2. The summed E-state index contributed by atoms with van der Waals surface area (Å²) in [7, 11) is 0. The fourth-order valence-electron chi connectivity index (χ4n) is 9.11. The summed E-state index contributed by atoms with van der Waals surface area (Å²) in [6.07, 6.45) is 18.2. The molecule has 0 aromatic carbocycles. The predicted molar refractivity (Wildman–Crippen MR) is 148 cm³/mol. The molecule has 0 amide bonds. The number of fused-ring (bicyclic) bond motifs is 5. The van der Waals surface area contributed by atoms with E-state index in [1.807, 2.05) is 41.5 Å². The second kappa shape index (κ2) is 13.5. The molecule has 0 aromatic rings. The Bertz CT molecular complexity index is 571. The summed E-state index contributed by atoms with van der Waals surface area (Å²) in [5.41, 5.74) is 1.08. The van der Waals surface area contributed by atoms with E-state index in [0.717, 1.165) is 48.9 Å². The maximum absolute atomic E-state index is 10.3. The highest BCUT2D eigenvalue weighted by Crippen LogP contribution is 2.67. The molecule has 5 fully saturated rings. The first-order valence-electron chi connectivity index (χ1n) is 15.8. The summed E-state index contributed by atoms with van der Waals surface area (Å²) >= 11 is 0. The van der Waals surface area contributed by atoms with Crippen molar-refractivity contribution >= 4 is 0 Å². The van der Waals surface area contributed by atoms with Crippen molar-refractivity contribution in [1.29, 1.82) is 0 Å². The fraction of sp³-hybridized carbons (Fsp3) is 1.00. The van der Waals surface area contributed by atoms with Crippen molar-refractivity contribution in [3.63, 3.8) is 0 Å². The van der Waals surface area contributed by atoms with E-state index in [0.29, 0.717) is 16.7 Å². The lowest BCUT2D eigenvalue weighted by Gasteiger charge is -2.61. The van der Waals surface area contributed by atoms with Crippen LogP contribution in [0.4, 0.5) is 0 Å². The zero-order valence-corrected chi connectivity index (χ0v) is 24.4. The summed E-state index contributed by atoms with van der Waals surface area (Å²) < 4.78 is 0. The molecule has 0 aliphatic heterocycles. The zero-order valence-electron chi connectivity index (χ0n) is 24.4. The van der Waals surface area contributed by atoms with Gasteiger partial charge in [-0.15, -0.1) is 0 Å². The minimum absolute atomic E-state index is 0.00220. The molecule has 5 aliphatic carbocycles. The Morgan fingerprint density at radius 3 is 2.00 bits per heavy atom. The molecule has 9 unspecified atom stereocenters. The molecule has 0 bridgehead atoms. The molecule has 9 atom stereocenters. The first kappa shape index (κ1) is 30.1. The van der Waals surface area contributed by atoms with Crippen LogP contribution >= 0.6 is 0 Å². The summed E-state index contributed by atoms with van der Waals surface area (Å²) in [6, 6.07) is 0. The van der Waals surface area contributed by atoms with Crippen LogP contribution in [0, 0.1) is 46.3 Å². The summed E-state index contributed by atoms with van der Waals surface area (Å²) in [4.78, 5) is 0. The van der Waals surface area contributed by atoms with Gasteiger partial charge in [0, 0.05) is 0 Å². The lowest BCUT2D eigenvalue weighted by Crippen LogP contribution is -2.53. The molecule has 2 heteroatoms. The molecule has 2 N–H and O–H groups in total. The van der Waals surface area contributed by atoms with E-state index in [1.54, 1.807) is 0 Å². The van der Waals surface area contributed by atoms with E-state index >= 15 is 0 Å². The van der Waals surface area contributed by atoms with E-state index in [2.05, 4.69) is 13.8 Å². The first-order chi connectivity index (χ1) is 16.4. The molecule has 34 heavy (non-hydrogen) atoms. The summed E-state index contributed by atoms with van der Waals surface area (Å²) in [6.45, 7) is 17.3. The van der Waals surface area contributed by atoms with Crippen LogP contribution < -0.4 is 0 Å². The third kappa shape index (κ3) is 6.07. The van der Waals surface area contributed by atoms with Crippen LogP contribution in [-0.4, -0.2) is 22.4 Å². The van der Waals surface area contributed by atoms with Crippen molar-refractivity contribution in [2.75, 3.05) is 0 Å². The van der Waals surface area contributed by atoms with Gasteiger partial charge in [-0.2, -0.15) is 0 Å². The van der Waals surface area contributed by atoms with Gasteiger partial charge >= 0.3 is 0 Å². The normalized spacial score (nSPS) is 43.2. The number of hydrogen-bond donors (Lipinski definition) is 2. The highest BCUT2D eigenvalue weighted by molar-refractivity contribution is 5.09. The van der Waals surface area contributed by atoms with Gasteiger partial charge in [0.05, 0.1) is 12.2 Å². The molecular weight excluding hydrogens is 416 g/mol. The van der Waals surface area contributed by atoms with E-state index in [-0.39, 0.29) is 12.2 Å². The number of aliphatic hydroxyl groups is 2. The maximum atomic E-state index is 10.3. The van der Waals surface area contributed by atoms with Crippen molar-refractivity contribution in [2.45, 2.75) is 157 Å².